The minimum absolute atomic E-state index is 0.0556. The van der Waals surface area contributed by atoms with Crippen LogP contribution in [0.4, 0.5) is 5.69 Å². The molecule has 23 heavy (non-hydrogen) atoms. The molecule has 0 saturated heterocycles. The number of ether oxygens (including phenoxy) is 1. The zero-order valence-electron chi connectivity index (χ0n) is 13.3. The Morgan fingerprint density at radius 2 is 1.91 bits per heavy atom. The predicted octanol–water partition coefficient (Wildman–Crippen LogP) is 4.04. The summed E-state index contributed by atoms with van der Waals surface area (Å²) in [4.78, 5) is 23.8. The Morgan fingerprint density at radius 1 is 1.17 bits per heavy atom. The Labute approximate surface area is 140 Å². The van der Waals surface area contributed by atoms with Gasteiger partial charge in [0.25, 0.3) is 0 Å². The van der Waals surface area contributed by atoms with Crippen LogP contribution in [-0.4, -0.2) is 18.8 Å². The molecular formula is C18H18ClNO3. The van der Waals surface area contributed by atoms with Crippen LogP contribution in [0.3, 0.4) is 0 Å². The molecule has 0 aromatic heterocycles. The number of carbonyl (C=O) groups excluding carboxylic acids is 2. The first-order chi connectivity index (χ1) is 10.9. The fourth-order valence-electron chi connectivity index (χ4n) is 2.23. The second-order valence-corrected chi connectivity index (χ2v) is 5.70. The van der Waals surface area contributed by atoms with Crippen molar-refractivity contribution in [3.8, 4) is 5.75 Å². The SMILES string of the molecule is COc1ccc(C(C)=O)cc1CC(=O)Nc1cc(Cl)ccc1C. The van der Waals surface area contributed by atoms with Gasteiger partial charge in [0.1, 0.15) is 5.75 Å². The maximum absolute atomic E-state index is 12.3. The van der Waals surface area contributed by atoms with Crippen LogP contribution >= 0.6 is 11.6 Å². The summed E-state index contributed by atoms with van der Waals surface area (Å²) >= 11 is 5.95. The molecule has 1 N–H and O–H groups in total. The van der Waals surface area contributed by atoms with E-state index < -0.39 is 0 Å². The summed E-state index contributed by atoms with van der Waals surface area (Å²) in [6.07, 6.45) is 0.107. The summed E-state index contributed by atoms with van der Waals surface area (Å²) in [5.41, 5.74) is 2.81. The van der Waals surface area contributed by atoms with E-state index in [0.717, 1.165) is 5.56 Å². The van der Waals surface area contributed by atoms with E-state index >= 15 is 0 Å². The van der Waals surface area contributed by atoms with E-state index in [2.05, 4.69) is 5.32 Å². The summed E-state index contributed by atoms with van der Waals surface area (Å²) < 4.78 is 5.26. The van der Waals surface area contributed by atoms with Gasteiger partial charge in [-0.25, -0.2) is 0 Å². The number of nitrogens with one attached hydrogen (secondary N) is 1. The summed E-state index contributed by atoms with van der Waals surface area (Å²) in [7, 11) is 1.53. The normalized spacial score (nSPS) is 10.3. The molecule has 4 nitrogen and oxygen atoms in total. The first-order valence-corrected chi connectivity index (χ1v) is 7.52. The van der Waals surface area contributed by atoms with Crippen molar-refractivity contribution >= 4 is 29.0 Å². The van der Waals surface area contributed by atoms with E-state index in [9.17, 15) is 9.59 Å². The number of benzene rings is 2. The van der Waals surface area contributed by atoms with Gasteiger partial charge in [0.15, 0.2) is 5.78 Å². The van der Waals surface area contributed by atoms with Crippen LogP contribution in [-0.2, 0) is 11.2 Å². The monoisotopic (exact) mass is 331 g/mol. The zero-order chi connectivity index (χ0) is 17.0. The van der Waals surface area contributed by atoms with Crippen LogP contribution in [0.1, 0.15) is 28.4 Å². The lowest BCUT2D eigenvalue weighted by molar-refractivity contribution is -0.115. The molecule has 0 heterocycles. The number of halogens is 1. The van der Waals surface area contributed by atoms with Crippen molar-refractivity contribution in [2.24, 2.45) is 0 Å². The minimum Gasteiger partial charge on any atom is -0.496 e. The number of aryl methyl sites for hydroxylation is 1. The van der Waals surface area contributed by atoms with Crippen molar-refractivity contribution in [1.29, 1.82) is 0 Å². The van der Waals surface area contributed by atoms with Gasteiger partial charge in [0.05, 0.1) is 13.5 Å². The van der Waals surface area contributed by atoms with E-state index in [1.165, 1.54) is 14.0 Å². The van der Waals surface area contributed by atoms with Gasteiger partial charge in [-0.3, -0.25) is 9.59 Å². The number of methoxy groups -OCH3 is 1. The van der Waals surface area contributed by atoms with Crippen LogP contribution in [0.25, 0.3) is 0 Å². The number of carbonyl (C=O) groups is 2. The van der Waals surface area contributed by atoms with Crippen LogP contribution in [0.5, 0.6) is 5.75 Å². The highest BCUT2D eigenvalue weighted by molar-refractivity contribution is 6.31. The smallest absolute Gasteiger partial charge is 0.228 e. The Hall–Kier alpha value is -2.33. The second kappa shape index (κ2) is 7.29. The van der Waals surface area contributed by atoms with Gasteiger partial charge in [-0.2, -0.15) is 0 Å². The van der Waals surface area contributed by atoms with Crippen molar-refractivity contribution in [1.82, 2.24) is 0 Å². The fourth-order valence-corrected chi connectivity index (χ4v) is 2.40. The zero-order valence-corrected chi connectivity index (χ0v) is 14.0. The van der Waals surface area contributed by atoms with Gasteiger partial charge >= 0.3 is 0 Å². The van der Waals surface area contributed by atoms with Gasteiger partial charge in [0.2, 0.25) is 5.91 Å². The molecule has 0 aliphatic rings. The third-order valence-electron chi connectivity index (χ3n) is 3.51. The van der Waals surface area contributed by atoms with Crippen LogP contribution in [0.2, 0.25) is 5.02 Å². The number of ketones is 1. The molecule has 0 radical (unpaired) electrons. The highest BCUT2D eigenvalue weighted by Gasteiger charge is 2.12. The van der Waals surface area contributed by atoms with Crippen molar-refractivity contribution in [2.45, 2.75) is 20.3 Å². The lowest BCUT2D eigenvalue weighted by Gasteiger charge is -2.12. The number of amides is 1. The minimum atomic E-state index is -0.200. The Kier molecular flexibility index (Phi) is 5.40. The molecule has 0 aliphatic heterocycles. The van der Waals surface area contributed by atoms with Gasteiger partial charge in [-0.15, -0.1) is 0 Å². The maximum atomic E-state index is 12.3. The number of anilines is 1. The molecule has 5 heteroatoms. The molecule has 0 aliphatic carbocycles. The molecule has 120 valence electrons. The Morgan fingerprint density at radius 3 is 2.57 bits per heavy atom. The Bertz CT molecular complexity index is 756. The van der Waals surface area contributed by atoms with E-state index in [4.69, 9.17) is 16.3 Å². The van der Waals surface area contributed by atoms with Crippen LogP contribution in [0, 0.1) is 6.92 Å². The third kappa shape index (κ3) is 4.33. The number of hydrogen-bond acceptors (Lipinski definition) is 3. The number of hydrogen-bond donors (Lipinski definition) is 1. The first-order valence-electron chi connectivity index (χ1n) is 7.14. The van der Waals surface area contributed by atoms with Gasteiger partial charge < -0.3 is 10.1 Å². The molecule has 0 fully saturated rings. The molecule has 1 amide bonds. The topological polar surface area (TPSA) is 55.4 Å². The predicted molar refractivity (Wildman–Crippen MR) is 91.5 cm³/mol. The maximum Gasteiger partial charge on any atom is 0.228 e. The summed E-state index contributed by atoms with van der Waals surface area (Å²) in [5, 5.41) is 3.39. The highest BCUT2D eigenvalue weighted by atomic mass is 35.5. The standard InChI is InChI=1S/C18H18ClNO3/c1-11-4-6-15(19)10-16(11)20-18(22)9-14-8-13(12(2)21)5-7-17(14)23-3/h4-8,10H,9H2,1-3H3,(H,20,22). The van der Waals surface area contributed by atoms with Crippen LogP contribution in [0.15, 0.2) is 36.4 Å². The highest BCUT2D eigenvalue weighted by Crippen LogP contribution is 2.23. The average molecular weight is 332 g/mol. The van der Waals surface area contributed by atoms with E-state index in [1.54, 1.807) is 30.3 Å². The van der Waals surface area contributed by atoms with Gasteiger partial charge in [0, 0.05) is 21.8 Å². The van der Waals surface area contributed by atoms with Gasteiger partial charge in [-0.1, -0.05) is 17.7 Å². The van der Waals surface area contributed by atoms with E-state index in [1.807, 2.05) is 13.0 Å². The molecule has 0 bridgehead atoms. The van der Waals surface area contributed by atoms with Gasteiger partial charge in [-0.05, 0) is 49.7 Å². The number of Topliss-reactive ketones (excluding diaryl/α,β-unsaturated/α-hetero) is 1. The van der Waals surface area contributed by atoms with Crippen molar-refractivity contribution < 1.29 is 14.3 Å². The van der Waals surface area contributed by atoms with Crippen molar-refractivity contribution in [3.05, 3.63) is 58.1 Å². The molecule has 0 spiro atoms. The fraction of sp³-hybridized carbons (Fsp3) is 0.222. The van der Waals surface area contributed by atoms with Crippen molar-refractivity contribution in [3.63, 3.8) is 0 Å². The summed E-state index contributed by atoms with van der Waals surface area (Å²) in [6, 6.07) is 10.4. The van der Waals surface area contributed by atoms with E-state index in [-0.39, 0.29) is 18.1 Å². The average Bonchev–Trinajstić information content (AvgIpc) is 2.50. The summed E-state index contributed by atoms with van der Waals surface area (Å²) in [6.45, 7) is 3.38. The molecule has 2 rings (SSSR count). The first kappa shape index (κ1) is 17.0. The van der Waals surface area contributed by atoms with Crippen LogP contribution < -0.4 is 10.1 Å². The molecular weight excluding hydrogens is 314 g/mol. The quantitative estimate of drug-likeness (QED) is 0.841. The largest absolute Gasteiger partial charge is 0.496 e. The lowest BCUT2D eigenvalue weighted by atomic mass is 10.0. The molecule has 2 aromatic rings. The van der Waals surface area contributed by atoms with E-state index in [0.29, 0.717) is 27.6 Å². The number of rotatable bonds is 5. The molecule has 0 unspecified atom stereocenters. The Balaban J connectivity index is 2.21. The van der Waals surface area contributed by atoms with Crippen molar-refractivity contribution in [2.75, 3.05) is 12.4 Å². The molecule has 2 aromatic carbocycles. The molecule has 0 saturated carbocycles. The summed E-state index contributed by atoms with van der Waals surface area (Å²) in [5.74, 6) is 0.322. The lowest BCUT2D eigenvalue weighted by Crippen LogP contribution is -2.16. The third-order valence-corrected chi connectivity index (χ3v) is 3.75. The second-order valence-electron chi connectivity index (χ2n) is 5.27. The molecule has 0 atom stereocenters.